The number of rotatable bonds is 7. The number of hydrogen-bond acceptors (Lipinski definition) is 5. The summed E-state index contributed by atoms with van der Waals surface area (Å²) < 4.78 is 17.7. The first-order valence-electron chi connectivity index (χ1n) is 6.74. The number of esters is 1. The van der Waals surface area contributed by atoms with Crippen molar-refractivity contribution < 1.29 is 23.5 Å². The number of likely N-dealkylation sites (N-methyl/N-ethyl adjacent to an activating group) is 1. The third kappa shape index (κ3) is 6.56. The van der Waals surface area contributed by atoms with Gasteiger partial charge in [-0.1, -0.05) is 6.07 Å². The highest BCUT2D eigenvalue weighted by molar-refractivity contribution is 5.96. The van der Waals surface area contributed by atoms with Gasteiger partial charge in [-0.15, -0.1) is 0 Å². The lowest BCUT2D eigenvalue weighted by atomic mass is 10.2. The van der Waals surface area contributed by atoms with Crippen molar-refractivity contribution in [1.29, 1.82) is 5.26 Å². The predicted molar refractivity (Wildman–Crippen MR) is 77.6 cm³/mol. The van der Waals surface area contributed by atoms with Gasteiger partial charge >= 0.3 is 5.97 Å². The van der Waals surface area contributed by atoms with Crippen molar-refractivity contribution in [2.45, 2.75) is 6.42 Å². The van der Waals surface area contributed by atoms with E-state index in [1.54, 1.807) is 0 Å². The van der Waals surface area contributed by atoms with E-state index in [-0.39, 0.29) is 18.5 Å². The summed E-state index contributed by atoms with van der Waals surface area (Å²) >= 11 is 0. The second-order valence-electron chi connectivity index (χ2n) is 4.58. The maximum absolute atomic E-state index is 13.0. The molecule has 8 heteroatoms. The van der Waals surface area contributed by atoms with Crippen LogP contribution in [0.3, 0.4) is 0 Å². The molecule has 1 rings (SSSR count). The first kappa shape index (κ1) is 18.1. The molecular formula is C15H16FN3O4. The summed E-state index contributed by atoms with van der Waals surface area (Å²) in [7, 11) is 1.49. The zero-order valence-electron chi connectivity index (χ0n) is 12.5. The third-order valence-electron chi connectivity index (χ3n) is 2.82. The Labute approximate surface area is 132 Å². The fourth-order valence-corrected chi connectivity index (χ4v) is 1.53. The van der Waals surface area contributed by atoms with Crippen LogP contribution >= 0.6 is 0 Å². The lowest BCUT2D eigenvalue weighted by molar-refractivity contribution is -0.150. The molecule has 0 aromatic heterocycles. The SMILES string of the molecule is CN(CCC#N)C(=O)COC(=O)CNC(=O)c1cccc(F)c1. The summed E-state index contributed by atoms with van der Waals surface area (Å²) in [6.07, 6.45) is 0.180. The molecule has 1 aromatic carbocycles. The zero-order valence-corrected chi connectivity index (χ0v) is 12.5. The molecular weight excluding hydrogens is 305 g/mol. The van der Waals surface area contributed by atoms with Crippen LogP contribution in [-0.2, 0) is 14.3 Å². The highest BCUT2D eigenvalue weighted by atomic mass is 19.1. The number of ether oxygens (including phenoxy) is 1. The molecule has 0 bridgehead atoms. The van der Waals surface area contributed by atoms with Gasteiger partial charge in [0, 0.05) is 19.2 Å². The molecule has 0 heterocycles. The number of nitrogens with one attached hydrogen (secondary N) is 1. The molecule has 2 amide bonds. The Kier molecular flexibility index (Phi) is 7.20. The number of nitriles is 1. The van der Waals surface area contributed by atoms with Crippen LogP contribution in [0, 0.1) is 17.1 Å². The minimum atomic E-state index is -0.795. The molecule has 0 radical (unpaired) electrons. The average molecular weight is 321 g/mol. The molecule has 0 aliphatic carbocycles. The van der Waals surface area contributed by atoms with Gasteiger partial charge in [0.25, 0.3) is 11.8 Å². The van der Waals surface area contributed by atoms with E-state index >= 15 is 0 Å². The number of benzene rings is 1. The van der Waals surface area contributed by atoms with E-state index < -0.39 is 36.8 Å². The Morgan fingerprint density at radius 2 is 2.13 bits per heavy atom. The molecule has 0 fully saturated rings. The number of nitrogens with zero attached hydrogens (tertiary/aromatic N) is 2. The van der Waals surface area contributed by atoms with Crippen molar-refractivity contribution in [2.75, 3.05) is 26.7 Å². The Balaban J connectivity index is 2.33. The number of carbonyl (C=O) groups is 3. The van der Waals surface area contributed by atoms with Gasteiger partial charge in [0.1, 0.15) is 12.4 Å². The van der Waals surface area contributed by atoms with Gasteiger partial charge in [-0.05, 0) is 18.2 Å². The summed E-state index contributed by atoms with van der Waals surface area (Å²) in [5.41, 5.74) is 0.0742. The summed E-state index contributed by atoms with van der Waals surface area (Å²) in [4.78, 5) is 36.0. The highest BCUT2D eigenvalue weighted by Gasteiger charge is 2.13. The molecule has 0 aliphatic heterocycles. The van der Waals surface area contributed by atoms with Gasteiger partial charge in [0.2, 0.25) is 0 Å². The largest absolute Gasteiger partial charge is 0.454 e. The van der Waals surface area contributed by atoms with Crippen LogP contribution in [-0.4, -0.2) is 49.4 Å². The maximum Gasteiger partial charge on any atom is 0.325 e. The monoisotopic (exact) mass is 321 g/mol. The summed E-state index contributed by atoms with van der Waals surface area (Å²) in [5.74, 6) is -2.44. The van der Waals surface area contributed by atoms with Crippen LogP contribution in [0.2, 0.25) is 0 Å². The number of amides is 2. The first-order valence-corrected chi connectivity index (χ1v) is 6.74. The van der Waals surface area contributed by atoms with Crippen LogP contribution in [0.1, 0.15) is 16.8 Å². The molecule has 0 saturated carbocycles. The molecule has 0 aliphatic rings. The van der Waals surface area contributed by atoms with E-state index in [2.05, 4.69) is 5.32 Å². The third-order valence-corrected chi connectivity index (χ3v) is 2.82. The van der Waals surface area contributed by atoms with Gasteiger partial charge in [-0.2, -0.15) is 5.26 Å². The highest BCUT2D eigenvalue weighted by Crippen LogP contribution is 2.02. The van der Waals surface area contributed by atoms with Crippen LogP contribution in [0.15, 0.2) is 24.3 Å². The van der Waals surface area contributed by atoms with Crippen molar-refractivity contribution >= 4 is 17.8 Å². The van der Waals surface area contributed by atoms with Gasteiger partial charge in [0.15, 0.2) is 6.61 Å². The molecule has 1 aromatic rings. The van der Waals surface area contributed by atoms with E-state index in [0.717, 1.165) is 6.07 Å². The second-order valence-corrected chi connectivity index (χ2v) is 4.58. The molecule has 0 saturated heterocycles. The normalized spacial score (nSPS) is 9.61. The van der Waals surface area contributed by atoms with E-state index in [1.165, 1.54) is 30.1 Å². The van der Waals surface area contributed by atoms with E-state index in [4.69, 9.17) is 10.00 Å². The van der Waals surface area contributed by atoms with Crippen molar-refractivity contribution in [3.8, 4) is 6.07 Å². The van der Waals surface area contributed by atoms with Gasteiger partial charge < -0.3 is 15.0 Å². The molecule has 1 N–H and O–H groups in total. The Bertz CT molecular complexity index is 627. The van der Waals surface area contributed by atoms with E-state index in [0.29, 0.717) is 0 Å². The summed E-state index contributed by atoms with van der Waals surface area (Å²) in [6.45, 7) is -0.676. The fourth-order valence-electron chi connectivity index (χ4n) is 1.53. The van der Waals surface area contributed by atoms with Gasteiger partial charge in [-0.25, -0.2) is 4.39 Å². The molecule has 122 valence electrons. The number of hydrogen-bond donors (Lipinski definition) is 1. The van der Waals surface area contributed by atoms with Crippen molar-refractivity contribution in [3.05, 3.63) is 35.6 Å². The standard InChI is InChI=1S/C15H16FN3O4/c1-19(7-3-6-17)13(20)10-23-14(21)9-18-15(22)11-4-2-5-12(16)8-11/h2,4-5,8H,3,7,9-10H2,1H3,(H,18,22). The maximum atomic E-state index is 13.0. The van der Waals surface area contributed by atoms with Crippen molar-refractivity contribution in [3.63, 3.8) is 0 Å². The number of carbonyl (C=O) groups excluding carboxylic acids is 3. The first-order chi connectivity index (χ1) is 10.9. The topological polar surface area (TPSA) is 99.5 Å². The molecule has 0 unspecified atom stereocenters. The minimum absolute atomic E-state index is 0.0742. The van der Waals surface area contributed by atoms with Gasteiger partial charge in [0.05, 0.1) is 12.5 Å². The Morgan fingerprint density at radius 3 is 2.78 bits per heavy atom. The predicted octanol–water partition coefficient (Wildman–Crippen LogP) is 0.471. The summed E-state index contributed by atoms with van der Waals surface area (Å²) in [5, 5.41) is 10.7. The summed E-state index contributed by atoms with van der Waals surface area (Å²) in [6, 6.07) is 6.90. The smallest absolute Gasteiger partial charge is 0.325 e. The van der Waals surface area contributed by atoms with Crippen molar-refractivity contribution in [1.82, 2.24) is 10.2 Å². The average Bonchev–Trinajstić information content (AvgIpc) is 2.55. The van der Waals surface area contributed by atoms with E-state index in [9.17, 15) is 18.8 Å². The fraction of sp³-hybridized carbons (Fsp3) is 0.333. The van der Waals surface area contributed by atoms with E-state index in [1.807, 2.05) is 6.07 Å². The Morgan fingerprint density at radius 1 is 1.39 bits per heavy atom. The van der Waals surface area contributed by atoms with Crippen molar-refractivity contribution in [2.24, 2.45) is 0 Å². The lowest BCUT2D eigenvalue weighted by Crippen LogP contribution is -2.35. The van der Waals surface area contributed by atoms with Gasteiger partial charge in [-0.3, -0.25) is 14.4 Å². The quantitative estimate of drug-likeness (QED) is 0.736. The molecule has 7 nitrogen and oxygen atoms in total. The van der Waals surface area contributed by atoms with Crippen LogP contribution < -0.4 is 5.32 Å². The minimum Gasteiger partial charge on any atom is -0.454 e. The molecule has 0 spiro atoms. The molecule has 23 heavy (non-hydrogen) atoms. The van der Waals surface area contributed by atoms with Crippen LogP contribution in [0.5, 0.6) is 0 Å². The Hall–Kier alpha value is -2.95. The number of halogens is 1. The van der Waals surface area contributed by atoms with Crippen LogP contribution in [0.4, 0.5) is 4.39 Å². The second kappa shape index (κ2) is 9.15. The van der Waals surface area contributed by atoms with Crippen LogP contribution in [0.25, 0.3) is 0 Å². The molecule has 0 atom stereocenters. The zero-order chi connectivity index (χ0) is 17.2. The lowest BCUT2D eigenvalue weighted by Gasteiger charge is -2.15.